The van der Waals surface area contributed by atoms with E-state index in [4.69, 9.17) is 4.74 Å². The van der Waals surface area contributed by atoms with Crippen molar-refractivity contribution in [1.82, 2.24) is 15.5 Å². The third-order valence-corrected chi connectivity index (χ3v) is 5.85. The molecule has 0 aliphatic carbocycles. The molecule has 2 aliphatic heterocycles. The fourth-order valence-electron chi connectivity index (χ4n) is 4.15. The highest BCUT2D eigenvalue weighted by molar-refractivity contribution is 5.88. The Kier molecular flexibility index (Phi) is 6.77. The molecule has 30 heavy (non-hydrogen) atoms. The van der Waals surface area contributed by atoms with Gasteiger partial charge in [0.1, 0.15) is 0 Å². The van der Waals surface area contributed by atoms with Gasteiger partial charge >= 0.3 is 0 Å². The molecule has 4 rings (SSSR count). The van der Waals surface area contributed by atoms with Gasteiger partial charge in [-0.2, -0.15) is 0 Å². The van der Waals surface area contributed by atoms with Crippen molar-refractivity contribution >= 4 is 11.8 Å². The predicted molar refractivity (Wildman–Crippen MR) is 116 cm³/mol. The molecule has 1 atom stereocenters. The van der Waals surface area contributed by atoms with Crippen molar-refractivity contribution in [1.29, 1.82) is 0 Å². The van der Waals surface area contributed by atoms with Gasteiger partial charge in [0.05, 0.1) is 12.5 Å². The topological polar surface area (TPSA) is 70.7 Å². The minimum absolute atomic E-state index is 0.0617. The SMILES string of the molecule is O=C(C[C@H]1C(=O)NCCN1Cc1ccc(-c2ccccc2)cc1)NC1CCOCC1. The van der Waals surface area contributed by atoms with Crippen LogP contribution in [0.25, 0.3) is 11.1 Å². The van der Waals surface area contributed by atoms with E-state index in [2.05, 4.69) is 51.9 Å². The molecule has 2 saturated heterocycles. The Hall–Kier alpha value is -2.70. The van der Waals surface area contributed by atoms with E-state index in [9.17, 15) is 9.59 Å². The maximum Gasteiger partial charge on any atom is 0.237 e. The highest BCUT2D eigenvalue weighted by Gasteiger charge is 2.32. The Morgan fingerprint density at radius 1 is 1.03 bits per heavy atom. The normalized spacial score (nSPS) is 20.5. The molecule has 2 N–H and O–H groups in total. The lowest BCUT2D eigenvalue weighted by molar-refractivity contribution is -0.134. The van der Waals surface area contributed by atoms with Gasteiger partial charge in [0.25, 0.3) is 0 Å². The smallest absolute Gasteiger partial charge is 0.237 e. The summed E-state index contributed by atoms with van der Waals surface area (Å²) in [5.74, 6) is -0.127. The molecule has 2 aromatic rings. The van der Waals surface area contributed by atoms with E-state index < -0.39 is 6.04 Å². The van der Waals surface area contributed by atoms with Crippen LogP contribution in [0.5, 0.6) is 0 Å². The quantitative estimate of drug-likeness (QED) is 0.771. The number of amides is 2. The molecule has 0 radical (unpaired) electrons. The number of nitrogens with zero attached hydrogens (tertiary/aromatic N) is 1. The largest absolute Gasteiger partial charge is 0.381 e. The maximum atomic E-state index is 12.6. The van der Waals surface area contributed by atoms with Crippen LogP contribution < -0.4 is 10.6 Å². The second kappa shape index (κ2) is 9.87. The van der Waals surface area contributed by atoms with Crippen LogP contribution in [-0.4, -0.2) is 55.1 Å². The Morgan fingerprint density at radius 2 is 1.73 bits per heavy atom. The summed E-state index contributed by atoms with van der Waals surface area (Å²) in [5, 5.41) is 5.98. The number of carbonyl (C=O) groups is 2. The highest BCUT2D eigenvalue weighted by atomic mass is 16.5. The Labute approximate surface area is 177 Å². The van der Waals surface area contributed by atoms with Gasteiger partial charge in [0.2, 0.25) is 11.8 Å². The predicted octanol–water partition coefficient (Wildman–Crippen LogP) is 2.34. The standard InChI is InChI=1S/C24H29N3O3/c28-23(26-21-10-14-30-15-11-21)16-22-24(29)25-12-13-27(22)17-18-6-8-20(9-7-18)19-4-2-1-3-5-19/h1-9,21-22H,10-17H2,(H,25,29)(H,26,28)/t22-/m0/s1. The number of hydrogen-bond acceptors (Lipinski definition) is 4. The van der Waals surface area contributed by atoms with E-state index in [0.717, 1.165) is 24.9 Å². The zero-order chi connectivity index (χ0) is 20.8. The first-order chi connectivity index (χ1) is 14.7. The molecule has 0 saturated carbocycles. The van der Waals surface area contributed by atoms with Crippen LogP contribution in [-0.2, 0) is 20.9 Å². The molecular weight excluding hydrogens is 378 g/mol. The van der Waals surface area contributed by atoms with E-state index in [-0.39, 0.29) is 24.3 Å². The van der Waals surface area contributed by atoms with Gasteiger partial charge in [0.15, 0.2) is 0 Å². The van der Waals surface area contributed by atoms with E-state index in [1.54, 1.807) is 0 Å². The van der Waals surface area contributed by atoms with Crippen LogP contribution >= 0.6 is 0 Å². The third kappa shape index (κ3) is 5.26. The molecule has 0 unspecified atom stereocenters. The zero-order valence-electron chi connectivity index (χ0n) is 17.2. The molecule has 2 aromatic carbocycles. The Balaban J connectivity index is 1.38. The second-order valence-electron chi connectivity index (χ2n) is 8.00. The number of rotatable bonds is 6. The number of carbonyl (C=O) groups excluding carboxylic acids is 2. The molecule has 2 amide bonds. The van der Waals surface area contributed by atoms with Crippen LogP contribution in [0.1, 0.15) is 24.8 Å². The van der Waals surface area contributed by atoms with E-state index in [1.807, 2.05) is 18.2 Å². The van der Waals surface area contributed by atoms with E-state index in [0.29, 0.717) is 26.3 Å². The summed E-state index contributed by atoms with van der Waals surface area (Å²) in [6, 6.07) is 18.4. The summed E-state index contributed by atoms with van der Waals surface area (Å²) >= 11 is 0. The summed E-state index contributed by atoms with van der Waals surface area (Å²) in [5.41, 5.74) is 3.49. The van der Waals surface area contributed by atoms with Gasteiger partial charge in [-0.25, -0.2) is 0 Å². The molecule has 0 bridgehead atoms. The lowest BCUT2D eigenvalue weighted by Gasteiger charge is -2.35. The number of hydrogen-bond donors (Lipinski definition) is 2. The molecular formula is C24H29N3O3. The van der Waals surface area contributed by atoms with Gasteiger partial charge in [-0.05, 0) is 29.5 Å². The van der Waals surface area contributed by atoms with Gasteiger partial charge in [-0.1, -0.05) is 54.6 Å². The minimum atomic E-state index is -0.438. The van der Waals surface area contributed by atoms with Crippen LogP contribution in [0.15, 0.2) is 54.6 Å². The fourth-order valence-corrected chi connectivity index (χ4v) is 4.15. The monoisotopic (exact) mass is 407 g/mol. The number of nitrogens with one attached hydrogen (secondary N) is 2. The first-order valence-corrected chi connectivity index (χ1v) is 10.7. The van der Waals surface area contributed by atoms with Crippen molar-refractivity contribution in [3.63, 3.8) is 0 Å². The minimum Gasteiger partial charge on any atom is -0.381 e. The lowest BCUT2D eigenvalue weighted by Crippen LogP contribution is -2.56. The van der Waals surface area contributed by atoms with Gasteiger partial charge in [-0.15, -0.1) is 0 Å². The number of ether oxygens (including phenoxy) is 1. The van der Waals surface area contributed by atoms with Gasteiger partial charge < -0.3 is 15.4 Å². The number of benzene rings is 2. The van der Waals surface area contributed by atoms with E-state index in [1.165, 1.54) is 11.1 Å². The molecule has 2 aliphatic rings. The summed E-state index contributed by atoms with van der Waals surface area (Å²) in [7, 11) is 0. The van der Waals surface area contributed by atoms with Crippen molar-refractivity contribution in [3.8, 4) is 11.1 Å². The summed E-state index contributed by atoms with van der Waals surface area (Å²) in [6.45, 7) is 3.36. The van der Waals surface area contributed by atoms with Crippen molar-refractivity contribution in [2.75, 3.05) is 26.3 Å². The second-order valence-corrected chi connectivity index (χ2v) is 8.00. The molecule has 6 nitrogen and oxygen atoms in total. The average molecular weight is 408 g/mol. The summed E-state index contributed by atoms with van der Waals surface area (Å²) in [4.78, 5) is 27.2. The van der Waals surface area contributed by atoms with Crippen LogP contribution in [0.4, 0.5) is 0 Å². The first kappa shape index (κ1) is 20.6. The third-order valence-electron chi connectivity index (χ3n) is 5.85. The van der Waals surface area contributed by atoms with Gasteiger partial charge in [-0.3, -0.25) is 14.5 Å². The van der Waals surface area contributed by atoms with Crippen LogP contribution in [0.3, 0.4) is 0 Å². The van der Waals surface area contributed by atoms with Crippen molar-refractivity contribution in [2.24, 2.45) is 0 Å². The summed E-state index contributed by atoms with van der Waals surface area (Å²) < 4.78 is 5.34. The molecule has 0 aromatic heterocycles. The lowest BCUT2D eigenvalue weighted by atomic mass is 10.0. The summed E-state index contributed by atoms with van der Waals surface area (Å²) in [6.07, 6.45) is 1.85. The first-order valence-electron chi connectivity index (χ1n) is 10.7. The molecule has 2 heterocycles. The molecule has 2 fully saturated rings. The maximum absolute atomic E-state index is 12.6. The highest BCUT2D eigenvalue weighted by Crippen LogP contribution is 2.21. The van der Waals surface area contributed by atoms with Gasteiger partial charge in [0, 0.05) is 38.9 Å². The Morgan fingerprint density at radius 3 is 2.47 bits per heavy atom. The van der Waals surface area contributed by atoms with E-state index >= 15 is 0 Å². The van der Waals surface area contributed by atoms with Crippen LogP contribution in [0, 0.1) is 0 Å². The average Bonchev–Trinajstić information content (AvgIpc) is 2.78. The Bertz CT molecular complexity index is 848. The molecule has 0 spiro atoms. The zero-order valence-corrected chi connectivity index (χ0v) is 17.2. The van der Waals surface area contributed by atoms with Crippen LogP contribution in [0.2, 0.25) is 0 Å². The van der Waals surface area contributed by atoms with Crippen molar-refractivity contribution in [3.05, 3.63) is 60.2 Å². The number of piperazine rings is 1. The molecule has 6 heteroatoms. The van der Waals surface area contributed by atoms with Crippen molar-refractivity contribution in [2.45, 2.75) is 37.9 Å². The van der Waals surface area contributed by atoms with Crippen molar-refractivity contribution < 1.29 is 14.3 Å². The molecule has 158 valence electrons. The fraction of sp³-hybridized carbons (Fsp3) is 0.417.